The average Bonchev–Trinajstić information content (AvgIpc) is 2.72. The molecule has 3 rings (SSSR count). The van der Waals surface area contributed by atoms with E-state index in [0.717, 1.165) is 11.8 Å². The number of halogens is 1. The number of carbonyl (C=O) groups is 1. The lowest BCUT2D eigenvalue weighted by atomic mass is 9.97. The SMILES string of the molecule is N#Cc1c(N)nc(SCC(=O)c2ccccn2)c(C#N)c1-c1cccc(Cl)c1. The minimum atomic E-state index is -0.205. The molecule has 0 aliphatic carbocycles. The molecule has 0 fully saturated rings. The van der Waals surface area contributed by atoms with Gasteiger partial charge in [-0.2, -0.15) is 10.5 Å². The van der Waals surface area contributed by atoms with E-state index in [1.165, 1.54) is 6.20 Å². The molecule has 0 unspecified atom stereocenters. The van der Waals surface area contributed by atoms with E-state index in [-0.39, 0.29) is 33.5 Å². The molecule has 0 saturated heterocycles. The molecule has 0 bridgehead atoms. The van der Waals surface area contributed by atoms with Gasteiger partial charge in [-0.3, -0.25) is 9.78 Å². The number of thioether (sulfide) groups is 1. The summed E-state index contributed by atoms with van der Waals surface area (Å²) in [7, 11) is 0. The number of hydrogen-bond acceptors (Lipinski definition) is 7. The van der Waals surface area contributed by atoms with Crippen LogP contribution in [0.3, 0.4) is 0 Å². The third-order valence-corrected chi connectivity index (χ3v) is 5.03. The van der Waals surface area contributed by atoms with E-state index in [9.17, 15) is 15.3 Å². The summed E-state index contributed by atoms with van der Waals surface area (Å²) in [6, 6.07) is 15.9. The number of ketones is 1. The number of aromatic nitrogens is 2. The van der Waals surface area contributed by atoms with Gasteiger partial charge in [-0.25, -0.2) is 4.98 Å². The molecule has 6 nitrogen and oxygen atoms in total. The van der Waals surface area contributed by atoms with Crippen LogP contribution in [0.1, 0.15) is 21.6 Å². The first-order valence-electron chi connectivity index (χ1n) is 8.01. The molecule has 28 heavy (non-hydrogen) atoms. The fraction of sp³-hybridized carbons (Fsp3) is 0.0500. The summed E-state index contributed by atoms with van der Waals surface area (Å²) in [6.07, 6.45) is 1.54. The second-order valence-electron chi connectivity index (χ2n) is 5.59. The van der Waals surface area contributed by atoms with Crippen LogP contribution in [0.25, 0.3) is 11.1 Å². The molecule has 0 amide bonds. The number of rotatable bonds is 5. The van der Waals surface area contributed by atoms with E-state index in [1.54, 1.807) is 42.5 Å². The summed E-state index contributed by atoms with van der Waals surface area (Å²) >= 11 is 7.14. The molecule has 0 aliphatic rings. The minimum absolute atomic E-state index is 0.00994. The van der Waals surface area contributed by atoms with Gasteiger partial charge in [0.05, 0.1) is 11.3 Å². The Morgan fingerprint density at radius 2 is 1.93 bits per heavy atom. The number of carbonyl (C=O) groups excluding carboxylic acids is 1. The van der Waals surface area contributed by atoms with Crippen LogP contribution < -0.4 is 5.73 Å². The zero-order valence-electron chi connectivity index (χ0n) is 14.4. The Balaban J connectivity index is 2.04. The molecule has 0 radical (unpaired) electrons. The van der Waals surface area contributed by atoms with Crippen molar-refractivity contribution in [3.8, 4) is 23.3 Å². The Bertz CT molecular complexity index is 1140. The molecule has 8 heteroatoms. The van der Waals surface area contributed by atoms with Crippen molar-refractivity contribution < 1.29 is 4.79 Å². The molecular formula is C20H12ClN5OS. The highest BCUT2D eigenvalue weighted by atomic mass is 35.5. The Kier molecular flexibility index (Phi) is 5.90. The standard InChI is InChI=1S/C20H12ClN5OS/c21-13-5-3-4-12(8-13)18-14(9-22)19(24)26-20(15(18)10-23)28-11-17(27)16-6-1-2-7-25-16/h1-8H,11H2,(H2,24,26). The zero-order chi connectivity index (χ0) is 20.1. The van der Waals surface area contributed by atoms with Crippen LogP contribution in [0.2, 0.25) is 5.02 Å². The molecule has 2 aromatic heterocycles. The van der Waals surface area contributed by atoms with Gasteiger partial charge in [-0.15, -0.1) is 0 Å². The number of nitrogens with two attached hydrogens (primary N) is 1. The van der Waals surface area contributed by atoms with Gasteiger partial charge in [-0.1, -0.05) is 41.6 Å². The highest BCUT2D eigenvalue weighted by Crippen LogP contribution is 2.36. The maximum Gasteiger partial charge on any atom is 0.191 e. The quantitative estimate of drug-likeness (QED) is 0.501. The second kappa shape index (κ2) is 8.53. The summed E-state index contributed by atoms with van der Waals surface area (Å²) in [6.45, 7) is 0. The van der Waals surface area contributed by atoms with E-state index < -0.39 is 0 Å². The first-order chi connectivity index (χ1) is 13.5. The average molecular weight is 406 g/mol. The molecule has 3 aromatic rings. The summed E-state index contributed by atoms with van der Waals surface area (Å²) in [5.74, 6) is -0.188. The Morgan fingerprint density at radius 1 is 1.14 bits per heavy atom. The summed E-state index contributed by atoms with van der Waals surface area (Å²) in [5, 5.41) is 20.0. The fourth-order valence-corrected chi connectivity index (χ4v) is 3.63. The number of Topliss-reactive ketones (excluding diaryl/α,β-unsaturated/α-hetero) is 1. The summed E-state index contributed by atoms with van der Waals surface area (Å²) in [4.78, 5) is 20.5. The molecule has 2 N–H and O–H groups in total. The van der Waals surface area contributed by atoms with Crippen LogP contribution in [-0.4, -0.2) is 21.5 Å². The normalized spacial score (nSPS) is 10.1. The monoisotopic (exact) mass is 405 g/mol. The van der Waals surface area contributed by atoms with E-state index >= 15 is 0 Å². The van der Waals surface area contributed by atoms with E-state index in [4.69, 9.17) is 17.3 Å². The van der Waals surface area contributed by atoms with E-state index in [0.29, 0.717) is 21.8 Å². The number of nitrogens with zero attached hydrogens (tertiary/aromatic N) is 4. The number of nitrogen functional groups attached to an aromatic ring is 1. The fourth-order valence-electron chi connectivity index (χ4n) is 2.57. The van der Waals surface area contributed by atoms with E-state index in [1.807, 2.05) is 6.07 Å². The van der Waals surface area contributed by atoms with Crippen molar-refractivity contribution >= 4 is 35.0 Å². The molecule has 0 aliphatic heterocycles. The van der Waals surface area contributed by atoms with Crippen molar-refractivity contribution in [2.75, 3.05) is 11.5 Å². The Labute approximate surface area is 170 Å². The maximum atomic E-state index is 12.3. The number of pyridine rings is 2. The molecule has 0 saturated carbocycles. The summed E-state index contributed by atoms with van der Waals surface area (Å²) in [5.41, 5.74) is 7.49. The van der Waals surface area contributed by atoms with Crippen LogP contribution in [0.4, 0.5) is 5.82 Å². The van der Waals surface area contributed by atoms with Crippen molar-refractivity contribution in [1.29, 1.82) is 10.5 Å². The predicted molar refractivity (Wildman–Crippen MR) is 108 cm³/mol. The minimum Gasteiger partial charge on any atom is -0.383 e. The van der Waals surface area contributed by atoms with Gasteiger partial charge in [0.15, 0.2) is 5.78 Å². The maximum absolute atomic E-state index is 12.3. The lowest BCUT2D eigenvalue weighted by molar-refractivity contribution is 0.101. The molecule has 1 aromatic carbocycles. The van der Waals surface area contributed by atoms with Crippen LogP contribution >= 0.6 is 23.4 Å². The van der Waals surface area contributed by atoms with Gasteiger partial charge in [0, 0.05) is 16.8 Å². The van der Waals surface area contributed by atoms with Crippen LogP contribution in [-0.2, 0) is 0 Å². The highest BCUT2D eigenvalue weighted by Gasteiger charge is 2.21. The summed E-state index contributed by atoms with van der Waals surface area (Å²) < 4.78 is 0. The van der Waals surface area contributed by atoms with Crippen molar-refractivity contribution in [3.63, 3.8) is 0 Å². The number of anilines is 1. The highest BCUT2D eigenvalue weighted by molar-refractivity contribution is 8.00. The van der Waals surface area contributed by atoms with Gasteiger partial charge in [-0.05, 0) is 29.8 Å². The van der Waals surface area contributed by atoms with Gasteiger partial charge < -0.3 is 5.73 Å². The Morgan fingerprint density at radius 3 is 2.57 bits per heavy atom. The second-order valence-corrected chi connectivity index (χ2v) is 6.99. The molecule has 0 atom stereocenters. The van der Waals surface area contributed by atoms with Crippen LogP contribution in [0.15, 0.2) is 53.7 Å². The first kappa shape index (κ1) is 19.4. The molecule has 0 spiro atoms. The van der Waals surface area contributed by atoms with Gasteiger partial charge >= 0.3 is 0 Å². The predicted octanol–water partition coefficient (Wildman–Crippen LogP) is 4.10. The number of benzene rings is 1. The van der Waals surface area contributed by atoms with Gasteiger partial charge in [0.2, 0.25) is 0 Å². The number of nitriles is 2. The Hall–Kier alpha value is -3.39. The zero-order valence-corrected chi connectivity index (χ0v) is 16.0. The number of hydrogen-bond donors (Lipinski definition) is 1. The molecular weight excluding hydrogens is 394 g/mol. The first-order valence-corrected chi connectivity index (χ1v) is 9.38. The van der Waals surface area contributed by atoms with Gasteiger partial charge in [0.25, 0.3) is 0 Å². The third kappa shape index (κ3) is 3.96. The van der Waals surface area contributed by atoms with Crippen molar-refractivity contribution in [3.05, 3.63) is 70.5 Å². The molecule has 136 valence electrons. The van der Waals surface area contributed by atoms with Crippen molar-refractivity contribution in [2.24, 2.45) is 0 Å². The third-order valence-electron chi connectivity index (χ3n) is 3.82. The van der Waals surface area contributed by atoms with Gasteiger partial charge in [0.1, 0.15) is 34.2 Å². The topological polar surface area (TPSA) is 116 Å². The van der Waals surface area contributed by atoms with Crippen LogP contribution in [0, 0.1) is 22.7 Å². The molecule has 2 heterocycles. The van der Waals surface area contributed by atoms with Crippen molar-refractivity contribution in [1.82, 2.24) is 9.97 Å². The lowest BCUT2D eigenvalue weighted by Crippen LogP contribution is -2.07. The van der Waals surface area contributed by atoms with E-state index in [2.05, 4.69) is 16.0 Å². The lowest BCUT2D eigenvalue weighted by Gasteiger charge is -2.13. The largest absolute Gasteiger partial charge is 0.383 e. The smallest absolute Gasteiger partial charge is 0.191 e. The van der Waals surface area contributed by atoms with Crippen LogP contribution in [0.5, 0.6) is 0 Å². The van der Waals surface area contributed by atoms with Crippen molar-refractivity contribution in [2.45, 2.75) is 5.03 Å².